The molecule has 0 fully saturated rings. The molecule has 0 unspecified atom stereocenters. The Labute approximate surface area is 139 Å². The van der Waals surface area contributed by atoms with Crippen molar-refractivity contribution in [3.63, 3.8) is 0 Å². The number of aromatic nitrogens is 4. The van der Waals surface area contributed by atoms with E-state index >= 15 is 0 Å². The van der Waals surface area contributed by atoms with E-state index in [2.05, 4.69) is 15.3 Å². The highest BCUT2D eigenvalue weighted by atomic mass is 32.1. The molecule has 0 spiro atoms. The van der Waals surface area contributed by atoms with Crippen molar-refractivity contribution < 1.29 is 8.81 Å². The highest BCUT2D eigenvalue weighted by Gasteiger charge is 2.18. The summed E-state index contributed by atoms with van der Waals surface area (Å²) in [5.74, 6) is 0.766. The number of furan rings is 1. The van der Waals surface area contributed by atoms with E-state index in [1.54, 1.807) is 22.7 Å². The van der Waals surface area contributed by atoms with Crippen LogP contribution in [0, 0.1) is 5.82 Å². The SMILES string of the molecule is Fc1ccccc1-c1nn2c(-c3cc4ccccc4o3)nnc2s1. The molecule has 0 bridgehead atoms. The fraction of sp³-hybridized carbons (Fsp3) is 0. The van der Waals surface area contributed by atoms with Crippen LogP contribution in [0.3, 0.4) is 0 Å². The molecule has 5 aromatic rings. The van der Waals surface area contributed by atoms with Gasteiger partial charge in [0.05, 0.1) is 0 Å². The zero-order valence-corrected chi connectivity index (χ0v) is 13.0. The third-order valence-electron chi connectivity index (χ3n) is 3.74. The fourth-order valence-corrected chi connectivity index (χ4v) is 3.47. The number of para-hydroxylation sites is 1. The van der Waals surface area contributed by atoms with E-state index in [0.29, 0.717) is 27.1 Å². The van der Waals surface area contributed by atoms with Crippen LogP contribution in [0.1, 0.15) is 0 Å². The van der Waals surface area contributed by atoms with Crippen molar-refractivity contribution in [2.24, 2.45) is 0 Å². The van der Waals surface area contributed by atoms with Crippen molar-refractivity contribution in [2.45, 2.75) is 0 Å². The fourth-order valence-electron chi connectivity index (χ4n) is 2.61. The van der Waals surface area contributed by atoms with E-state index in [1.165, 1.54) is 17.4 Å². The van der Waals surface area contributed by atoms with Crippen LogP contribution in [0.25, 0.3) is 38.1 Å². The van der Waals surface area contributed by atoms with Gasteiger partial charge in [-0.15, -0.1) is 10.2 Å². The largest absolute Gasteiger partial charge is 0.453 e. The van der Waals surface area contributed by atoms with Gasteiger partial charge in [0.15, 0.2) is 10.8 Å². The van der Waals surface area contributed by atoms with Crippen LogP contribution in [-0.2, 0) is 0 Å². The van der Waals surface area contributed by atoms with E-state index in [9.17, 15) is 4.39 Å². The van der Waals surface area contributed by atoms with Gasteiger partial charge in [-0.2, -0.15) is 9.61 Å². The van der Waals surface area contributed by atoms with Crippen LogP contribution in [0.5, 0.6) is 0 Å². The smallest absolute Gasteiger partial charge is 0.235 e. The number of hydrogen-bond acceptors (Lipinski definition) is 5. The van der Waals surface area contributed by atoms with Gasteiger partial charge in [-0.3, -0.25) is 0 Å². The molecule has 0 atom stereocenters. The number of halogens is 1. The molecular formula is C17H9FN4OS. The molecule has 24 heavy (non-hydrogen) atoms. The molecule has 3 heterocycles. The predicted molar refractivity (Wildman–Crippen MR) is 89.3 cm³/mol. The molecule has 0 saturated heterocycles. The lowest BCUT2D eigenvalue weighted by atomic mass is 10.2. The molecule has 0 saturated carbocycles. The number of nitrogens with zero attached hydrogens (tertiary/aromatic N) is 4. The Morgan fingerprint density at radius 3 is 2.71 bits per heavy atom. The molecule has 0 N–H and O–H groups in total. The highest BCUT2D eigenvalue weighted by molar-refractivity contribution is 7.19. The van der Waals surface area contributed by atoms with Gasteiger partial charge < -0.3 is 4.42 Å². The van der Waals surface area contributed by atoms with Gasteiger partial charge in [-0.25, -0.2) is 4.39 Å². The summed E-state index contributed by atoms with van der Waals surface area (Å²) in [5.41, 5.74) is 1.22. The third kappa shape index (κ3) is 1.95. The normalized spacial score (nSPS) is 11.5. The van der Waals surface area contributed by atoms with Crippen molar-refractivity contribution in [1.82, 2.24) is 19.8 Å². The van der Waals surface area contributed by atoms with Gasteiger partial charge in [0.1, 0.15) is 11.4 Å². The summed E-state index contributed by atoms with van der Waals surface area (Å²) in [7, 11) is 0. The molecule has 0 aliphatic heterocycles. The van der Waals surface area contributed by atoms with Crippen LogP contribution in [0.15, 0.2) is 59.0 Å². The standard InChI is InChI=1S/C17H9FN4OS/c18-12-7-3-2-6-11(12)16-21-22-15(19-20-17(22)24-16)14-9-10-5-1-4-8-13(10)23-14/h1-9H. The zero-order chi connectivity index (χ0) is 16.1. The van der Waals surface area contributed by atoms with Crippen LogP contribution >= 0.6 is 11.3 Å². The van der Waals surface area contributed by atoms with Crippen molar-refractivity contribution in [2.75, 3.05) is 0 Å². The first-order valence-corrected chi connectivity index (χ1v) is 8.07. The number of fused-ring (bicyclic) bond motifs is 2. The lowest BCUT2D eigenvalue weighted by molar-refractivity contribution is 0.621. The van der Waals surface area contributed by atoms with Crippen molar-refractivity contribution >= 4 is 27.3 Å². The average molecular weight is 336 g/mol. The lowest BCUT2D eigenvalue weighted by Crippen LogP contribution is -1.90. The summed E-state index contributed by atoms with van der Waals surface area (Å²) in [4.78, 5) is 0.587. The minimum atomic E-state index is -0.312. The van der Waals surface area contributed by atoms with E-state index in [4.69, 9.17) is 4.42 Å². The Bertz CT molecular complexity index is 1160. The topological polar surface area (TPSA) is 56.2 Å². The third-order valence-corrected chi connectivity index (χ3v) is 4.67. The maximum absolute atomic E-state index is 14.0. The van der Waals surface area contributed by atoms with E-state index < -0.39 is 0 Å². The summed E-state index contributed by atoms with van der Waals surface area (Å²) < 4.78 is 21.4. The van der Waals surface area contributed by atoms with Gasteiger partial charge in [0.2, 0.25) is 10.8 Å². The number of hydrogen-bond donors (Lipinski definition) is 0. The summed E-state index contributed by atoms with van der Waals surface area (Å²) in [6.07, 6.45) is 0. The predicted octanol–water partition coefficient (Wildman–Crippen LogP) is 4.41. The van der Waals surface area contributed by atoms with Crippen molar-refractivity contribution in [1.29, 1.82) is 0 Å². The molecule has 7 heteroatoms. The maximum Gasteiger partial charge on any atom is 0.235 e. The molecule has 0 radical (unpaired) electrons. The van der Waals surface area contributed by atoms with Crippen molar-refractivity contribution in [3.8, 4) is 22.2 Å². The van der Waals surface area contributed by atoms with Gasteiger partial charge in [0.25, 0.3) is 0 Å². The van der Waals surface area contributed by atoms with Crippen molar-refractivity contribution in [3.05, 3.63) is 60.4 Å². The van der Waals surface area contributed by atoms with Crippen LogP contribution in [-0.4, -0.2) is 19.8 Å². The summed E-state index contributed by atoms with van der Waals surface area (Å²) >= 11 is 1.28. The minimum absolute atomic E-state index is 0.312. The zero-order valence-electron chi connectivity index (χ0n) is 12.2. The van der Waals surface area contributed by atoms with Gasteiger partial charge >= 0.3 is 0 Å². The Hall–Kier alpha value is -3.06. The molecule has 2 aromatic carbocycles. The van der Waals surface area contributed by atoms with Gasteiger partial charge in [-0.05, 0) is 24.3 Å². The quantitative estimate of drug-likeness (QED) is 0.479. The second kappa shape index (κ2) is 4.97. The first kappa shape index (κ1) is 13.4. The first-order chi connectivity index (χ1) is 11.8. The minimum Gasteiger partial charge on any atom is -0.453 e. The van der Waals surface area contributed by atoms with E-state index in [-0.39, 0.29) is 5.82 Å². The molecule has 5 nitrogen and oxygen atoms in total. The van der Waals surface area contributed by atoms with Gasteiger partial charge in [-0.1, -0.05) is 41.7 Å². The maximum atomic E-state index is 14.0. The van der Waals surface area contributed by atoms with E-state index in [1.807, 2.05) is 30.3 Å². The Morgan fingerprint density at radius 2 is 1.83 bits per heavy atom. The second-order valence-corrected chi connectivity index (χ2v) is 6.21. The number of rotatable bonds is 2. The monoisotopic (exact) mass is 336 g/mol. The van der Waals surface area contributed by atoms with Crippen LogP contribution in [0.4, 0.5) is 4.39 Å². The average Bonchev–Trinajstić information content (AvgIpc) is 3.28. The Kier molecular flexibility index (Phi) is 2.77. The summed E-state index contributed by atoms with van der Waals surface area (Å²) in [5, 5.41) is 14.3. The highest BCUT2D eigenvalue weighted by Crippen LogP contribution is 2.31. The van der Waals surface area contributed by atoms with Gasteiger partial charge in [0, 0.05) is 10.9 Å². The molecule has 0 aliphatic rings. The number of benzene rings is 2. The lowest BCUT2D eigenvalue weighted by Gasteiger charge is -1.96. The molecular weight excluding hydrogens is 327 g/mol. The summed E-state index contributed by atoms with van der Waals surface area (Å²) in [6.45, 7) is 0. The first-order valence-electron chi connectivity index (χ1n) is 7.26. The van der Waals surface area contributed by atoms with E-state index in [0.717, 1.165) is 11.0 Å². The summed E-state index contributed by atoms with van der Waals surface area (Å²) in [6, 6.07) is 16.2. The molecule has 3 aromatic heterocycles. The second-order valence-electron chi connectivity index (χ2n) is 5.25. The Balaban J connectivity index is 1.69. The Morgan fingerprint density at radius 1 is 1.00 bits per heavy atom. The molecule has 5 rings (SSSR count). The molecule has 116 valence electrons. The molecule has 0 aliphatic carbocycles. The molecule has 0 amide bonds. The van der Waals surface area contributed by atoms with Crippen LogP contribution < -0.4 is 0 Å². The van der Waals surface area contributed by atoms with Crippen LogP contribution in [0.2, 0.25) is 0 Å².